The molecule has 0 amide bonds. The molecule has 2 aromatic heterocycles. The van der Waals surface area contributed by atoms with Gasteiger partial charge in [-0.15, -0.1) is 0 Å². The second kappa shape index (κ2) is 9.95. The van der Waals surface area contributed by atoms with Crippen LogP contribution in [0.15, 0.2) is 49.0 Å². The van der Waals surface area contributed by atoms with Gasteiger partial charge in [-0.2, -0.15) is 5.10 Å². The van der Waals surface area contributed by atoms with Crippen molar-refractivity contribution in [3.05, 3.63) is 65.8 Å². The Morgan fingerprint density at radius 1 is 1.23 bits per heavy atom. The quantitative estimate of drug-likeness (QED) is 0.593. The summed E-state index contributed by atoms with van der Waals surface area (Å²) in [6, 6.07) is 4.03. The zero-order valence-electron chi connectivity index (χ0n) is 16.6. The molecule has 2 aromatic rings. The van der Waals surface area contributed by atoms with Crippen molar-refractivity contribution in [3.8, 4) is 0 Å². The lowest BCUT2D eigenvalue weighted by Gasteiger charge is -2.19. The molecule has 0 saturated carbocycles. The standard InChI is InChI=1S/C22H32N4/c1-6-9-21(10-7-2)17(3)13-22(26-19(5)18(4)14-25-26)24-16-20-11-8-12-23-15-20/h8,11-15,21,24H,3,6-7,9-10,16H2,1-2,4-5H3/b22-13-. The predicted molar refractivity (Wildman–Crippen MR) is 109 cm³/mol. The maximum atomic E-state index is 4.56. The van der Waals surface area contributed by atoms with Gasteiger partial charge in [0.15, 0.2) is 0 Å². The van der Waals surface area contributed by atoms with Gasteiger partial charge in [-0.25, -0.2) is 4.68 Å². The minimum absolute atomic E-state index is 0.525. The molecule has 4 heteroatoms. The second-order valence-electron chi connectivity index (χ2n) is 6.92. The molecule has 0 aromatic carbocycles. The number of rotatable bonds is 10. The topological polar surface area (TPSA) is 42.7 Å². The van der Waals surface area contributed by atoms with Gasteiger partial charge in [0, 0.05) is 24.6 Å². The van der Waals surface area contributed by atoms with E-state index in [1.54, 1.807) is 6.20 Å². The Hall–Kier alpha value is -2.36. The van der Waals surface area contributed by atoms with Crippen molar-refractivity contribution in [2.24, 2.45) is 5.92 Å². The lowest BCUT2D eigenvalue weighted by atomic mass is 9.91. The highest BCUT2D eigenvalue weighted by Gasteiger charge is 2.13. The van der Waals surface area contributed by atoms with E-state index in [1.807, 2.05) is 23.1 Å². The molecule has 2 rings (SSSR count). The molecule has 1 N–H and O–H groups in total. The highest BCUT2D eigenvalue weighted by atomic mass is 15.3. The van der Waals surface area contributed by atoms with Crippen molar-refractivity contribution in [2.75, 3.05) is 0 Å². The van der Waals surface area contributed by atoms with E-state index in [4.69, 9.17) is 0 Å². The molecule has 0 aliphatic rings. The fourth-order valence-corrected chi connectivity index (χ4v) is 3.12. The molecule has 0 aliphatic carbocycles. The molecule has 26 heavy (non-hydrogen) atoms. The molecule has 0 radical (unpaired) electrons. The van der Waals surface area contributed by atoms with E-state index < -0.39 is 0 Å². The molecule has 0 bridgehead atoms. The number of hydrogen-bond acceptors (Lipinski definition) is 3. The number of nitrogens with one attached hydrogen (secondary N) is 1. The number of nitrogens with zero attached hydrogens (tertiary/aromatic N) is 3. The monoisotopic (exact) mass is 352 g/mol. The Morgan fingerprint density at radius 2 is 1.96 bits per heavy atom. The van der Waals surface area contributed by atoms with Crippen LogP contribution >= 0.6 is 0 Å². The summed E-state index contributed by atoms with van der Waals surface area (Å²) in [4.78, 5) is 4.20. The van der Waals surface area contributed by atoms with Crippen molar-refractivity contribution < 1.29 is 0 Å². The minimum Gasteiger partial charge on any atom is -0.366 e. The molecular weight excluding hydrogens is 320 g/mol. The number of aryl methyl sites for hydroxylation is 1. The maximum absolute atomic E-state index is 4.56. The number of hydrogen-bond donors (Lipinski definition) is 1. The summed E-state index contributed by atoms with van der Waals surface area (Å²) >= 11 is 0. The fraction of sp³-hybridized carbons (Fsp3) is 0.455. The molecular formula is C22H32N4. The summed E-state index contributed by atoms with van der Waals surface area (Å²) in [5, 5.41) is 8.10. The summed E-state index contributed by atoms with van der Waals surface area (Å²) in [5.74, 6) is 1.50. The fourth-order valence-electron chi connectivity index (χ4n) is 3.12. The van der Waals surface area contributed by atoms with Gasteiger partial charge >= 0.3 is 0 Å². The Kier molecular flexibility index (Phi) is 7.64. The average Bonchev–Trinajstić information content (AvgIpc) is 2.98. The van der Waals surface area contributed by atoms with Gasteiger partial charge in [-0.05, 0) is 61.4 Å². The molecule has 2 heterocycles. The highest BCUT2D eigenvalue weighted by Crippen LogP contribution is 2.24. The highest BCUT2D eigenvalue weighted by molar-refractivity contribution is 5.50. The first-order valence-electron chi connectivity index (χ1n) is 9.61. The van der Waals surface area contributed by atoms with Gasteiger partial charge in [0.2, 0.25) is 0 Å². The van der Waals surface area contributed by atoms with Gasteiger partial charge in [0.1, 0.15) is 5.82 Å². The third kappa shape index (κ3) is 5.32. The van der Waals surface area contributed by atoms with Crippen LogP contribution in [0.5, 0.6) is 0 Å². The normalized spacial score (nSPS) is 11.8. The predicted octanol–water partition coefficient (Wildman–Crippen LogP) is 5.26. The van der Waals surface area contributed by atoms with Crippen LogP contribution in [-0.2, 0) is 6.54 Å². The summed E-state index contributed by atoms with van der Waals surface area (Å²) in [6.45, 7) is 13.7. The maximum Gasteiger partial charge on any atom is 0.128 e. The van der Waals surface area contributed by atoms with Crippen molar-refractivity contribution >= 4 is 5.82 Å². The molecule has 0 atom stereocenters. The van der Waals surface area contributed by atoms with Crippen LogP contribution in [0.1, 0.15) is 56.4 Å². The number of allylic oxidation sites excluding steroid dienone is 2. The average molecular weight is 353 g/mol. The molecule has 0 aliphatic heterocycles. The molecule has 0 spiro atoms. The summed E-state index contributed by atoms with van der Waals surface area (Å²) in [6.07, 6.45) is 12.5. The van der Waals surface area contributed by atoms with Gasteiger partial charge in [-0.3, -0.25) is 4.98 Å². The van der Waals surface area contributed by atoms with Crippen molar-refractivity contribution in [1.82, 2.24) is 20.1 Å². The van der Waals surface area contributed by atoms with Crippen LogP contribution in [0.4, 0.5) is 0 Å². The van der Waals surface area contributed by atoms with E-state index in [1.165, 1.54) is 36.8 Å². The summed E-state index contributed by atoms with van der Waals surface area (Å²) < 4.78 is 1.98. The van der Waals surface area contributed by atoms with E-state index >= 15 is 0 Å². The van der Waals surface area contributed by atoms with E-state index in [0.717, 1.165) is 17.1 Å². The van der Waals surface area contributed by atoms with Crippen molar-refractivity contribution in [2.45, 2.75) is 59.9 Å². The molecule has 4 nitrogen and oxygen atoms in total. The van der Waals surface area contributed by atoms with E-state index in [0.29, 0.717) is 12.5 Å². The summed E-state index contributed by atoms with van der Waals surface area (Å²) in [5.41, 5.74) is 4.65. The van der Waals surface area contributed by atoms with Gasteiger partial charge in [0.05, 0.1) is 6.20 Å². The van der Waals surface area contributed by atoms with Crippen LogP contribution in [0.2, 0.25) is 0 Å². The van der Waals surface area contributed by atoms with E-state index in [9.17, 15) is 0 Å². The SMILES string of the molecule is C=C(/C=C(/NCc1cccnc1)n1ncc(C)c1C)C(CCC)CCC. The first-order valence-corrected chi connectivity index (χ1v) is 9.61. The van der Waals surface area contributed by atoms with Crippen molar-refractivity contribution in [1.29, 1.82) is 0 Å². The van der Waals surface area contributed by atoms with Gasteiger partial charge in [-0.1, -0.05) is 39.3 Å². The number of aromatic nitrogens is 3. The Labute approximate surface area is 158 Å². The smallest absolute Gasteiger partial charge is 0.128 e. The number of pyridine rings is 1. The zero-order valence-corrected chi connectivity index (χ0v) is 16.6. The Balaban J connectivity index is 2.27. The van der Waals surface area contributed by atoms with E-state index in [2.05, 4.69) is 61.8 Å². The van der Waals surface area contributed by atoms with Crippen LogP contribution in [0.3, 0.4) is 0 Å². The summed E-state index contributed by atoms with van der Waals surface area (Å²) in [7, 11) is 0. The molecule has 0 saturated heterocycles. The zero-order chi connectivity index (χ0) is 18.9. The van der Waals surface area contributed by atoms with Crippen LogP contribution in [0.25, 0.3) is 5.82 Å². The third-order valence-corrected chi connectivity index (χ3v) is 4.80. The molecule has 0 unspecified atom stereocenters. The second-order valence-corrected chi connectivity index (χ2v) is 6.92. The molecule has 0 fully saturated rings. The van der Waals surface area contributed by atoms with Gasteiger partial charge in [0.25, 0.3) is 0 Å². The lowest BCUT2D eigenvalue weighted by molar-refractivity contribution is 0.513. The minimum atomic E-state index is 0.525. The first kappa shape index (κ1) is 20.0. The first-order chi connectivity index (χ1) is 12.6. The molecule has 140 valence electrons. The lowest BCUT2D eigenvalue weighted by Crippen LogP contribution is -2.20. The van der Waals surface area contributed by atoms with Crippen LogP contribution in [-0.4, -0.2) is 14.8 Å². The van der Waals surface area contributed by atoms with Crippen LogP contribution < -0.4 is 5.32 Å². The Morgan fingerprint density at radius 3 is 2.50 bits per heavy atom. The Bertz CT molecular complexity index is 722. The van der Waals surface area contributed by atoms with Gasteiger partial charge < -0.3 is 5.32 Å². The van der Waals surface area contributed by atoms with Crippen molar-refractivity contribution in [3.63, 3.8) is 0 Å². The van der Waals surface area contributed by atoms with Crippen LogP contribution in [0, 0.1) is 19.8 Å². The largest absolute Gasteiger partial charge is 0.366 e. The third-order valence-electron chi connectivity index (χ3n) is 4.80. The van der Waals surface area contributed by atoms with E-state index in [-0.39, 0.29) is 0 Å².